The number of nitrogens with zero attached hydrogens (tertiary/aromatic N) is 2. The van der Waals surface area contributed by atoms with E-state index in [2.05, 4.69) is 4.98 Å². The van der Waals surface area contributed by atoms with Gasteiger partial charge in [0.05, 0.1) is 11.0 Å². The molecular formula is C16H16N2O2. The van der Waals surface area contributed by atoms with Crippen molar-refractivity contribution in [1.29, 1.82) is 0 Å². The van der Waals surface area contributed by atoms with Crippen molar-refractivity contribution >= 4 is 11.0 Å². The molecule has 0 saturated carbocycles. The fourth-order valence-electron chi connectivity index (χ4n) is 2.14. The summed E-state index contributed by atoms with van der Waals surface area (Å²) in [5.74, 6) is 1.89. The number of hydrogen-bond acceptors (Lipinski definition) is 3. The van der Waals surface area contributed by atoms with Crippen LogP contribution in [0.2, 0.25) is 0 Å². The van der Waals surface area contributed by atoms with E-state index in [-0.39, 0.29) is 5.75 Å². The summed E-state index contributed by atoms with van der Waals surface area (Å²) in [6.07, 6.45) is 0. The molecule has 1 heterocycles. The Labute approximate surface area is 117 Å². The summed E-state index contributed by atoms with van der Waals surface area (Å²) < 4.78 is 7.68. The number of ether oxygens (including phenoxy) is 1. The Bertz CT molecular complexity index is 745. The first-order valence-corrected chi connectivity index (χ1v) is 6.47. The number of aromatic hydroxyl groups is 1. The first-order valence-electron chi connectivity index (χ1n) is 6.47. The molecule has 4 heteroatoms. The third-order valence-corrected chi connectivity index (χ3v) is 3.35. The molecule has 3 rings (SSSR count). The lowest BCUT2D eigenvalue weighted by Gasteiger charge is -2.06. The van der Waals surface area contributed by atoms with E-state index in [4.69, 9.17) is 4.74 Å². The molecule has 4 nitrogen and oxygen atoms in total. The van der Waals surface area contributed by atoms with E-state index in [0.717, 1.165) is 22.6 Å². The average Bonchev–Trinajstić information content (AvgIpc) is 2.75. The van der Waals surface area contributed by atoms with Crippen LogP contribution in [0.1, 0.15) is 11.4 Å². The molecule has 0 atom stereocenters. The van der Waals surface area contributed by atoms with Crippen molar-refractivity contribution in [2.75, 3.05) is 0 Å². The Morgan fingerprint density at radius 1 is 1.15 bits per heavy atom. The molecule has 1 N–H and O–H groups in total. The quantitative estimate of drug-likeness (QED) is 0.793. The fraction of sp³-hybridized carbons (Fsp3) is 0.188. The maximum Gasteiger partial charge on any atom is 0.147 e. The van der Waals surface area contributed by atoms with E-state index in [0.29, 0.717) is 6.61 Å². The summed E-state index contributed by atoms with van der Waals surface area (Å²) in [5, 5.41) is 9.53. The van der Waals surface area contributed by atoms with Crippen LogP contribution in [0, 0.1) is 6.92 Å². The van der Waals surface area contributed by atoms with E-state index in [1.165, 1.54) is 5.56 Å². The molecule has 0 radical (unpaired) electrons. The summed E-state index contributed by atoms with van der Waals surface area (Å²) in [4.78, 5) is 4.51. The van der Waals surface area contributed by atoms with Crippen molar-refractivity contribution in [3.63, 3.8) is 0 Å². The van der Waals surface area contributed by atoms with Crippen LogP contribution >= 0.6 is 0 Å². The summed E-state index contributed by atoms with van der Waals surface area (Å²) in [7, 11) is 1.92. The number of fused-ring (bicyclic) bond motifs is 1. The predicted molar refractivity (Wildman–Crippen MR) is 77.9 cm³/mol. The molecule has 0 spiro atoms. The number of imidazole rings is 1. The fourth-order valence-corrected chi connectivity index (χ4v) is 2.14. The Balaban J connectivity index is 1.84. The van der Waals surface area contributed by atoms with Gasteiger partial charge in [-0.05, 0) is 31.2 Å². The van der Waals surface area contributed by atoms with Crippen molar-refractivity contribution in [3.8, 4) is 11.5 Å². The summed E-state index contributed by atoms with van der Waals surface area (Å²) >= 11 is 0. The van der Waals surface area contributed by atoms with Crippen molar-refractivity contribution in [2.45, 2.75) is 13.5 Å². The van der Waals surface area contributed by atoms with Gasteiger partial charge in [0, 0.05) is 13.1 Å². The standard InChI is InChI=1S/C16H16N2O2/c1-11-3-6-13(7-4-11)20-10-16-17-14-8-5-12(19)9-15(14)18(16)2/h3-9,19H,10H2,1-2H3. The van der Waals surface area contributed by atoms with Gasteiger partial charge < -0.3 is 14.4 Å². The van der Waals surface area contributed by atoms with Gasteiger partial charge in [0.1, 0.15) is 23.9 Å². The number of phenolic OH excluding ortho intramolecular Hbond substituents is 1. The van der Waals surface area contributed by atoms with Crippen LogP contribution in [0.5, 0.6) is 11.5 Å². The van der Waals surface area contributed by atoms with Gasteiger partial charge in [0.15, 0.2) is 0 Å². The van der Waals surface area contributed by atoms with E-state index in [9.17, 15) is 5.11 Å². The van der Waals surface area contributed by atoms with Gasteiger partial charge >= 0.3 is 0 Å². The maximum atomic E-state index is 9.53. The lowest BCUT2D eigenvalue weighted by Crippen LogP contribution is -2.03. The van der Waals surface area contributed by atoms with E-state index < -0.39 is 0 Å². The molecule has 20 heavy (non-hydrogen) atoms. The second-order valence-corrected chi connectivity index (χ2v) is 4.86. The molecule has 1 aromatic heterocycles. The van der Waals surface area contributed by atoms with E-state index in [1.807, 2.05) is 42.8 Å². The van der Waals surface area contributed by atoms with Gasteiger partial charge in [-0.25, -0.2) is 4.98 Å². The summed E-state index contributed by atoms with van der Waals surface area (Å²) in [6, 6.07) is 13.1. The third-order valence-electron chi connectivity index (χ3n) is 3.35. The molecule has 0 bridgehead atoms. The van der Waals surface area contributed by atoms with Crippen LogP contribution in [0.15, 0.2) is 42.5 Å². The normalized spacial score (nSPS) is 10.9. The number of aromatic nitrogens is 2. The molecule has 0 saturated heterocycles. The smallest absolute Gasteiger partial charge is 0.147 e. The largest absolute Gasteiger partial charge is 0.508 e. The molecule has 0 unspecified atom stereocenters. The highest BCUT2D eigenvalue weighted by molar-refractivity contribution is 5.77. The second kappa shape index (κ2) is 4.89. The minimum absolute atomic E-state index is 0.242. The number of hydrogen-bond donors (Lipinski definition) is 1. The highest BCUT2D eigenvalue weighted by Crippen LogP contribution is 2.21. The Morgan fingerprint density at radius 2 is 1.90 bits per heavy atom. The van der Waals surface area contributed by atoms with Crippen molar-refractivity contribution in [1.82, 2.24) is 9.55 Å². The number of aryl methyl sites for hydroxylation is 2. The van der Waals surface area contributed by atoms with Crippen LogP contribution in [0.3, 0.4) is 0 Å². The molecule has 0 fully saturated rings. The number of phenols is 1. The zero-order valence-electron chi connectivity index (χ0n) is 11.5. The lowest BCUT2D eigenvalue weighted by atomic mass is 10.2. The first-order chi connectivity index (χ1) is 9.63. The maximum absolute atomic E-state index is 9.53. The predicted octanol–water partition coefficient (Wildman–Crippen LogP) is 3.17. The van der Waals surface area contributed by atoms with Gasteiger partial charge in [-0.1, -0.05) is 17.7 Å². The molecule has 102 valence electrons. The number of benzene rings is 2. The van der Waals surface area contributed by atoms with E-state index >= 15 is 0 Å². The van der Waals surface area contributed by atoms with Gasteiger partial charge in [-0.3, -0.25) is 0 Å². The average molecular weight is 268 g/mol. The van der Waals surface area contributed by atoms with Crippen molar-refractivity contribution < 1.29 is 9.84 Å². The van der Waals surface area contributed by atoms with Crippen LogP contribution < -0.4 is 4.74 Å². The zero-order chi connectivity index (χ0) is 14.1. The Hall–Kier alpha value is -2.49. The van der Waals surface area contributed by atoms with Gasteiger partial charge in [0.25, 0.3) is 0 Å². The number of rotatable bonds is 3. The molecule has 0 amide bonds. The topological polar surface area (TPSA) is 47.3 Å². The minimum atomic E-state index is 0.242. The molecule has 0 aliphatic carbocycles. The van der Waals surface area contributed by atoms with Crippen LogP contribution in [0.25, 0.3) is 11.0 Å². The molecule has 3 aromatic rings. The highest BCUT2D eigenvalue weighted by Gasteiger charge is 2.08. The van der Waals surface area contributed by atoms with Gasteiger partial charge in [0.2, 0.25) is 0 Å². The van der Waals surface area contributed by atoms with Crippen LogP contribution in [-0.2, 0) is 13.7 Å². The summed E-state index contributed by atoms with van der Waals surface area (Å²) in [6.45, 7) is 2.44. The molecule has 0 aliphatic rings. The van der Waals surface area contributed by atoms with Crippen LogP contribution in [-0.4, -0.2) is 14.7 Å². The molecular weight excluding hydrogens is 252 g/mol. The molecule has 2 aromatic carbocycles. The first kappa shape index (κ1) is 12.5. The molecule has 0 aliphatic heterocycles. The van der Waals surface area contributed by atoms with Crippen molar-refractivity contribution in [3.05, 3.63) is 53.9 Å². The third kappa shape index (κ3) is 2.32. The Kier molecular flexibility index (Phi) is 3.06. The van der Waals surface area contributed by atoms with Gasteiger partial charge in [-0.15, -0.1) is 0 Å². The Morgan fingerprint density at radius 3 is 2.65 bits per heavy atom. The minimum Gasteiger partial charge on any atom is -0.508 e. The van der Waals surface area contributed by atoms with E-state index in [1.54, 1.807) is 18.2 Å². The monoisotopic (exact) mass is 268 g/mol. The lowest BCUT2D eigenvalue weighted by molar-refractivity contribution is 0.292. The zero-order valence-corrected chi connectivity index (χ0v) is 11.5. The summed E-state index contributed by atoms with van der Waals surface area (Å²) in [5.41, 5.74) is 2.95. The highest BCUT2D eigenvalue weighted by atomic mass is 16.5. The van der Waals surface area contributed by atoms with Crippen LogP contribution in [0.4, 0.5) is 0 Å². The van der Waals surface area contributed by atoms with Crippen molar-refractivity contribution in [2.24, 2.45) is 7.05 Å². The second-order valence-electron chi connectivity index (χ2n) is 4.86. The van der Waals surface area contributed by atoms with Gasteiger partial charge in [-0.2, -0.15) is 0 Å². The SMILES string of the molecule is Cc1ccc(OCc2nc3ccc(O)cc3n2C)cc1.